The zero-order valence-electron chi connectivity index (χ0n) is 16.1. The van der Waals surface area contributed by atoms with Crippen molar-refractivity contribution in [1.82, 2.24) is 10.0 Å². The van der Waals surface area contributed by atoms with Crippen LogP contribution in [-0.2, 0) is 14.8 Å². The van der Waals surface area contributed by atoms with Gasteiger partial charge in [-0.05, 0) is 18.6 Å². The van der Waals surface area contributed by atoms with Gasteiger partial charge in [0.25, 0.3) is 0 Å². The van der Waals surface area contributed by atoms with Crippen molar-refractivity contribution >= 4 is 28.3 Å². The summed E-state index contributed by atoms with van der Waals surface area (Å²) >= 11 is 0. The first kappa shape index (κ1) is 24.5. The summed E-state index contributed by atoms with van der Waals surface area (Å²) < 4.78 is 38.4. The third-order valence-electron chi connectivity index (χ3n) is 4.23. The minimum absolute atomic E-state index is 0. The first-order valence-electron chi connectivity index (χ1n) is 9.35. The molecule has 1 heterocycles. The van der Waals surface area contributed by atoms with E-state index in [1.165, 1.54) is 12.1 Å². The molecule has 1 aromatic carbocycles. The minimum atomic E-state index is -3.74. The number of carbonyl (C=O) groups is 1. The van der Waals surface area contributed by atoms with Crippen molar-refractivity contribution in [2.75, 3.05) is 26.3 Å². The molecule has 0 aliphatic carbocycles. The molecule has 0 spiro atoms. The van der Waals surface area contributed by atoms with Gasteiger partial charge in [0.05, 0.1) is 18.1 Å². The van der Waals surface area contributed by atoms with E-state index in [-0.39, 0.29) is 42.2 Å². The smallest absolute Gasteiger partial charge is 0.240 e. The number of halogens is 1. The highest BCUT2D eigenvalue weighted by Gasteiger charge is 2.19. The molecule has 0 bridgehead atoms. The molecule has 1 unspecified atom stereocenters. The molecule has 1 aromatic rings. The van der Waals surface area contributed by atoms with Gasteiger partial charge in [0, 0.05) is 38.0 Å². The average Bonchev–Trinajstić information content (AvgIpc) is 2.89. The summed E-state index contributed by atoms with van der Waals surface area (Å²) in [6.45, 7) is 3.46. The van der Waals surface area contributed by atoms with Crippen LogP contribution in [0.2, 0.25) is 0 Å². The molecule has 0 saturated heterocycles. The maximum atomic E-state index is 12.4. The van der Waals surface area contributed by atoms with Crippen LogP contribution in [-0.4, -0.2) is 46.7 Å². The van der Waals surface area contributed by atoms with Gasteiger partial charge < -0.3 is 20.5 Å². The monoisotopic (exact) mass is 435 g/mol. The quantitative estimate of drug-likeness (QED) is 0.513. The van der Waals surface area contributed by atoms with E-state index in [4.69, 9.17) is 15.2 Å². The second-order valence-electron chi connectivity index (χ2n) is 6.45. The molecule has 1 amide bonds. The van der Waals surface area contributed by atoms with Crippen molar-refractivity contribution in [1.29, 1.82) is 0 Å². The Morgan fingerprint density at radius 1 is 1.25 bits per heavy atom. The van der Waals surface area contributed by atoms with E-state index in [1.54, 1.807) is 6.07 Å². The predicted molar refractivity (Wildman–Crippen MR) is 110 cm³/mol. The molecule has 10 heteroatoms. The molecule has 1 aliphatic heterocycles. The zero-order valence-corrected chi connectivity index (χ0v) is 17.7. The molecule has 1 aliphatic rings. The van der Waals surface area contributed by atoms with Crippen molar-refractivity contribution in [2.24, 2.45) is 5.73 Å². The largest absolute Gasteiger partial charge is 0.490 e. The maximum absolute atomic E-state index is 12.4. The molecule has 1 atom stereocenters. The molecule has 4 N–H and O–H groups in total. The van der Waals surface area contributed by atoms with Crippen LogP contribution < -0.4 is 25.2 Å². The van der Waals surface area contributed by atoms with Crippen LogP contribution in [0.15, 0.2) is 23.1 Å². The molecule has 0 saturated carbocycles. The van der Waals surface area contributed by atoms with E-state index in [2.05, 4.69) is 17.0 Å². The van der Waals surface area contributed by atoms with E-state index >= 15 is 0 Å². The Bertz CT molecular complexity index is 730. The van der Waals surface area contributed by atoms with E-state index in [1.807, 2.05) is 0 Å². The van der Waals surface area contributed by atoms with Crippen LogP contribution in [0.3, 0.4) is 0 Å². The summed E-state index contributed by atoms with van der Waals surface area (Å²) in [5, 5.41) is 2.84. The minimum Gasteiger partial charge on any atom is -0.490 e. The molecular weight excluding hydrogens is 406 g/mol. The van der Waals surface area contributed by atoms with Crippen molar-refractivity contribution in [3.63, 3.8) is 0 Å². The Hall–Kier alpha value is -1.55. The van der Waals surface area contributed by atoms with Gasteiger partial charge in [-0.15, -0.1) is 12.4 Å². The van der Waals surface area contributed by atoms with Crippen molar-refractivity contribution in [3.8, 4) is 11.5 Å². The fourth-order valence-electron chi connectivity index (χ4n) is 2.69. The van der Waals surface area contributed by atoms with Gasteiger partial charge in [-0.3, -0.25) is 4.79 Å². The van der Waals surface area contributed by atoms with E-state index in [0.717, 1.165) is 25.7 Å². The summed E-state index contributed by atoms with van der Waals surface area (Å²) in [5.41, 5.74) is 5.65. The number of amides is 1. The van der Waals surface area contributed by atoms with Crippen LogP contribution in [0.1, 0.15) is 39.0 Å². The lowest BCUT2D eigenvalue weighted by Crippen LogP contribution is -2.41. The summed E-state index contributed by atoms with van der Waals surface area (Å²) in [7, 11) is -3.74. The Balaban J connectivity index is 0.00000392. The van der Waals surface area contributed by atoms with Crippen LogP contribution in [0, 0.1) is 0 Å². The second kappa shape index (κ2) is 12.1. The third kappa shape index (κ3) is 7.46. The lowest BCUT2D eigenvalue weighted by atomic mass is 10.1. The fraction of sp³-hybridized carbons (Fsp3) is 0.611. The van der Waals surface area contributed by atoms with Gasteiger partial charge in [-0.1, -0.05) is 19.8 Å². The SMILES string of the molecule is CCCCC(CN)NC(=O)CCNS(=O)(=O)c1ccc2c(c1)OCCCO2.Cl. The summed E-state index contributed by atoms with van der Waals surface area (Å²) in [5.74, 6) is 0.725. The number of hydrogen-bond donors (Lipinski definition) is 3. The molecule has 0 aromatic heterocycles. The first-order valence-corrected chi connectivity index (χ1v) is 10.8. The third-order valence-corrected chi connectivity index (χ3v) is 5.69. The molecule has 160 valence electrons. The lowest BCUT2D eigenvalue weighted by molar-refractivity contribution is -0.121. The molecule has 0 radical (unpaired) electrons. The van der Waals surface area contributed by atoms with Crippen LogP contribution >= 0.6 is 12.4 Å². The van der Waals surface area contributed by atoms with E-state index in [9.17, 15) is 13.2 Å². The average molecular weight is 436 g/mol. The highest BCUT2D eigenvalue weighted by Crippen LogP contribution is 2.31. The molecular formula is C18H30ClN3O5S. The Labute approximate surface area is 173 Å². The number of nitrogens with two attached hydrogens (primary N) is 1. The summed E-state index contributed by atoms with van der Waals surface area (Å²) in [4.78, 5) is 12.1. The number of fused-ring (bicyclic) bond motifs is 1. The normalized spacial score (nSPS) is 14.5. The highest BCUT2D eigenvalue weighted by molar-refractivity contribution is 7.89. The summed E-state index contributed by atoms with van der Waals surface area (Å²) in [6.07, 6.45) is 3.63. The van der Waals surface area contributed by atoms with Gasteiger partial charge in [0.2, 0.25) is 15.9 Å². The number of sulfonamides is 1. The number of carbonyl (C=O) groups excluding carboxylic acids is 1. The fourth-order valence-corrected chi connectivity index (χ4v) is 3.74. The van der Waals surface area contributed by atoms with Gasteiger partial charge in [-0.25, -0.2) is 13.1 Å². The molecule has 2 rings (SSSR count). The number of ether oxygens (including phenoxy) is 2. The van der Waals surface area contributed by atoms with E-state index < -0.39 is 10.0 Å². The van der Waals surface area contributed by atoms with E-state index in [0.29, 0.717) is 31.3 Å². The number of benzene rings is 1. The lowest BCUT2D eigenvalue weighted by Gasteiger charge is -2.16. The Morgan fingerprint density at radius 3 is 2.64 bits per heavy atom. The van der Waals surface area contributed by atoms with Gasteiger partial charge in [0.1, 0.15) is 0 Å². The highest BCUT2D eigenvalue weighted by atomic mass is 35.5. The van der Waals surface area contributed by atoms with Crippen molar-refractivity contribution in [3.05, 3.63) is 18.2 Å². The van der Waals surface area contributed by atoms with Gasteiger partial charge in [0.15, 0.2) is 11.5 Å². The maximum Gasteiger partial charge on any atom is 0.240 e. The first-order chi connectivity index (χ1) is 13.0. The van der Waals surface area contributed by atoms with Gasteiger partial charge >= 0.3 is 0 Å². The van der Waals surface area contributed by atoms with Crippen molar-refractivity contribution < 1.29 is 22.7 Å². The van der Waals surface area contributed by atoms with Crippen LogP contribution in [0.5, 0.6) is 11.5 Å². The topological polar surface area (TPSA) is 120 Å². The van der Waals surface area contributed by atoms with Crippen molar-refractivity contribution in [2.45, 2.75) is 50.0 Å². The number of nitrogens with one attached hydrogen (secondary N) is 2. The molecule has 0 fully saturated rings. The standard InChI is InChI=1S/C18H29N3O5S.ClH/c1-2-3-5-14(13-19)21-18(22)8-9-20-27(23,24)15-6-7-16-17(12-15)26-11-4-10-25-16;/h6-7,12,14,20H,2-5,8-11,13,19H2,1H3,(H,21,22);1H. The predicted octanol–water partition coefficient (Wildman–Crippen LogP) is 1.57. The van der Waals surface area contributed by atoms with Crippen LogP contribution in [0.4, 0.5) is 0 Å². The second-order valence-corrected chi connectivity index (χ2v) is 8.22. The van der Waals surface area contributed by atoms with Crippen LogP contribution in [0.25, 0.3) is 0 Å². The number of unbranched alkanes of at least 4 members (excludes halogenated alkanes) is 1. The molecule has 8 nitrogen and oxygen atoms in total. The van der Waals surface area contributed by atoms with Gasteiger partial charge in [-0.2, -0.15) is 0 Å². The summed E-state index contributed by atoms with van der Waals surface area (Å²) in [6, 6.07) is 4.42. The number of hydrogen-bond acceptors (Lipinski definition) is 6. The molecule has 28 heavy (non-hydrogen) atoms. The zero-order chi connectivity index (χ0) is 19.7. The number of rotatable bonds is 10. The Kier molecular flexibility index (Phi) is 10.6. The Morgan fingerprint density at radius 2 is 1.96 bits per heavy atom.